The van der Waals surface area contributed by atoms with E-state index in [0.29, 0.717) is 36.7 Å². The molecule has 0 spiro atoms. The number of sulfonamides is 1. The van der Waals surface area contributed by atoms with Crippen molar-refractivity contribution >= 4 is 32.8 Å². The summed E-state index contributed by atoms with van der Waals surface area (Å²) in [5.41, 5.74) is 2.28. The molecule has 1 amide bonds. The van der Waals surface area contributed by atoms with Gasteiger partial charge in [0.25, 0.3) is 0 Å². The van der Waals surface area contributed by atoms with E-state index in [1.54, 1.807) is 24.3 Å². The predicted octanol–water partition coefficient (Wildman–Crippen LogP) is 2.21. The molecule has 0 fully saturated rings. The Morgan fingerprint density at radius 1 is 1.24 bits per heavy atom. The molecule has 0 aliphatic heterocycles. The van der Waals surface area contributed by atoms with Gasteiger partial charge in [0.2, 0.25) is 15.9 Å². The highest BCUT2D eigenvalue weighted by Gasteiger charge is 2.22. The Bertz CT molecular complexity index is 1130. The van der Waals surface area contributed by atoms with E-state index >= 15 is 0 Å². The van der Waals surface area contributed by atoms with Crippen molar-refractivity contribution in [3.63, 3.8) is 0 Å². The first-order valence-corrected chi connectivity index (χ1v) is 11.0. The van der Waals surface area contributed by atoms with Gasteiger partial charge in [0.15, 0.2) is 5.82 Å². The standard InChI is InChI=1S/C19H26N6O3S/c1-5-25(6-2)29(27,28)14-7-8-16-15(12-14)20-18(24(16)4)9-10-19(26)21-17-11-13(3)22-23-17/h7-8,11-12H,5-6,9-10H2,1-4H3,(H2,21,22,23,26). The van der Waals surface area contributed by atoms with Crippen molar-refractivity contribution in [2.24, 2.45) is 7.05 Å². The van der Waals surface area contributed by atoms with Crippen molar-refractivity contribution in [3.8, 4) is 0 Å². The van der Waals surface area contributed by atoms with E-state index in [9.17, 15) is 13.2 Å². The smallest absolute Gasteiger partial charge is 0.243 e. The van der Waals surface area contributed by atoms with Crippen molar-refractivity contribution < 1.29 is 13.2 Å². The molecule has 1 aromatic carbocycles. The van der Waals surface area contributed by atoms with E-state index in [0.717, 1.165) is 11.2 Å². The number of anilines is 1. The number of imidazole rings is 1. The van der Waals surface area contributed by atoms with Crippen LogP contribution >= 0.6 is 0 Å². The van der Waals surface area contributed by atoms with Crippen LogP contribution in [-0.4, -0.2) is 51.5 Å². The number of carbonyl (C=O) groups is 1. The van der Waals surface area contributed by atoms with Crippen molar-refractivity contribution in [1.29, 1.82) is 0 Å². The molecule has 0 bridgehead atoms. The highest BCUT2D eigenvalue weighted by atomic mass is 32.2. The topological polar surface area (TPSA) is 113 Å². The van der Waals surface area contributed by atoms with Gasteiger partial charge in [-0.3, -0.25) is 9.89 Å². The number of rotatable bonds is 8. The molecule has 2 N–H and O–H groups in total. The Morgan fingerprint density at radius 2 is 1.97 bits per heavy atom. The number of aryl methyl sites for hydroxylation is 3. The SMILES string of the molecule is CCN(CC)S(=O)(=O)c1ccc2c(c1)nc(CCC(=O)Nc1cc(C)[nH]n1)n2C. The number of H-pyrrole nitrogens is 1. The number of nitrogens with zero attached hydrogens (tertiary/aromatic N) is 4. The molecule has 0 saturated carbocycles. The highest BCUT2D eigenvalue weighted by molar-refractivity contribution is 7.89. The molecule has 2 heterocycles. The molecular formula is C19H26N6O3S. The molecule has 0 atom stereocenters. The van der Waals surface area contributed by atoms with E-state index in [-0.39, 0.29) is 17.2 Å². The predicted molar refractivity (Wildman–Crippen MR) is 111 cm³/mol. The van der Waals surface area contributed by atoms with Crippen LogP contribution in [0.15, 0.2) is 29.2 Å². The monoisotopic (exact) mass is 418 g/mol. The molecule has 10 heteroatoms. The lowest BCUT2D eigenvalue weighted by Crippen LogP contribution is -2.30. The van der Waals surface area contributed by atoms with Crippen molar-refractivity contribution in [1.82, 2.24) is 24.1 Å². The molecule has 3 aromatic rings. The summed E-state index contributed by atoms with van der Waals surface area (Å²) in [6.07, 6.45) is 0.673. The zero-order chi connectivity index (χ0) is 21.2. The van der Waals surface area contributed by atoms with Crippen molar-refractivity contribution in [2.75, 3.05) is 18.4 Å². The fourth-order valence-electron chi connectivity index (χ4n) is 3.24. The summed E-state index contributed by atoms with van der Waals surface area (Å²) in [5, 5.41) is 9.50. The Morgan fingerprint density at radius 3 is 2.59 bits per heavy atom. The van der Waals surface area contributed by atoms with Gasteiger partial charge < -0.3 is 9.88 Å². The van der Waals surface area contributed by atoms with Gasteiger partial charge in [0, 0.05) is 44.7 Å². The number of aromatic nitrogens is 4. The van der Waals surface area contributed by atoms with Crippen LogP contribution in [0.3, 0.4) is 0 Å². The number of aromatic amines is 1. The van der Waals surface area contributed by atoms with Gasteiger partial charge in [-0.15, -0.1) is 0 Å². The second-order valence-electron chi connectivity index (χ2n) is 6.81. The summed E-state index contributed by atoms with van der Waals surface area (Å²) >= 11 is 0. The van der Waals surface area contributed by atoms with Crippen LogP contribution in [0.2, 0.25) is 0 Å². The van der Waals surface area contributed by atoms with Gasteiger partial charge in [0.1, 0.15) is 5.82 Å². The van der Waals surface area contributed by atoms with Crippen LogP contribution in [0, 0.1) is 6.92 Å². The third kappa shape index (κ3) is 4.33. The molecule has 9 nitrogen and oxygen atoms in total. The van der Waals surface area contributed by atoms with Crippen LogP contribution in [0.25, 0.3) is 11.0 Å². The molecule has 0 aliphatic rings. The quantitative estimate of drug-likeness (QED) is 0.582. The van der Waals surface area contributed by atoms with Crippen LogP contribution in [-0.2, 0) is 28.3 Å². The second kappa shape index (κ2) is 8.34. The maximum absolute atomic E-state index is 12.8. The van der Waals surface area contributed by atoms with Crippen molar-refractivity contribution in [3.05, 3.63) is 35.8 Å². The van der Waals surface area contributed by atoms with Crippen LogP contribution in [0.4, 0.5) is 5.82 Å². The maximum Gasteiger partial charge on any atom is 0.243 e. The maximum atomic E-state index is 12.8. The third-order valence-corrected chi connectivity index (χ3v) is 6.88. The van der Waals surface area contributed by atoms with Crippen molar-refractivity contribution in [2.45, 2.75) is 38.5 Å². The lowest BCUT2D eigenvalue weighted by atomic mass is 10.3. The summed E-state index contributed by atoms with van der Waals surface area (Å²) in [6.45, 7) is 6.31. The molecule has 0 unspecified atom stereocenters. The molecule has 3 rings (SSSR count). The largest absolute Gasteiger partial charge is 0.331 e. The fraction of sp³-hybridized carbons (Fsp3) is 0.421. The molecule has 29 heavy (non-hydrogen) atoms. The zero-order valence-electron chi connectivity index (χ0n) is 17.1. The average molecular weight is 419 g/mol. The number of nitrogens with one attached hydrogen (secondary N) is 2. The van der Waals surface area contributed by atoms with Crippen LogP contribution < -0.4 is 5.32 Å². The van der Waals surface area contributed by atoms with Gasteiger partial charge >= 0.3 is 0 Å². The van der Waals surface area contributed by atoms with Gasteiger partial charge in [-0.05, 0) is 25.1 Å². The first kappa shape index (κ1) is 21.0. The normalized spacial score (nSPS) is 12.0. The summed E-state index contributed by atoms with van der Waals surface area (Å²) in [4.78, 5) is 16.9. The van der Waals surface area contributed by atoms with E-state index in [1.165, 1.54) is 4.31 Å². The Hall–Kier alpha value is -2.72. The number of carbonyl (C=O) groups excluding carboxylic acids is 1. The lowest BCUT2D eigenvalue weighted by molar-refractivity contribution is -0.116. The number of fused-ring (bicyclic) bond motifs is 1. The third-order valence-electron chi connectivity index (χ3n) is 4.84. The van der Waals surface area contributed by atoms with E-state index < -0.39 is 10.0 Å². The molecular weight excluding hydrogens is 392 g/mol. The molecule has 2 aromatic heterocycles. The number of hydrogen-bond donors (Lipinski definition) is 2. The minimum Gasteiger partial charge on any atom is -0.331 e. The molecule has 0 saturated heterocycles. The minimum absolute atomic E-state index is 0.159. The Balaban J connectivity index is 1.78. The van der Waals surface area contributed by atoms with Gasteiger partial charge in [-0.2, -0.15) is 9.40 Å². The number of benzene rings is 1. The molecule has 0 radical (unpaired) electrons. The molecule has 0 aliphatic carbocycles. The van der Waals surface area contributed by atoms with Gasteiger partial charge in [-0.1, -0.05) is 13.8 Å². The lowest BCUT2D eigenvalue weighted by Gasteiger charge is -2.18. The second-order valence-corrected chi connectivity index (χ2v) is 8.75. The summed E-state index contributed by atoms with van der Waals surface area (Å²) in [7, 11) is -1.69. The summed E-state index contributed by atoms with van der Waals surface area (Å²) in [5.74, 6) is 1.04. The molecule has 156 valence electrons. The zero-order valence-corrected chi connectivity index (χ0v) is 17.9. The first-order chi connectivity index (χ1) is 13.8. The Kier molecular flexibility index (Phi) is 6.04. The van der Waals surface area contributed by atoms with Crippen LogP contribution in [0.5, 0.6) is 0 Å². The van der Waals surface area contributed by atoms with Gasteiger partial charge in [-0.25, -0.2) is 13.4 Å². The van der Waals surface area contributed by atoms with Crippen LogP contribution in [0.1, 0.15) is 31.8 Å². The number of amides is 1. The minimum atomic E-state index is -3.54. The van der Waals surface area contributed by atoms with E-state index in [4.69, 9.17) is 0 Å². The highest BCUT2D eigenvalue weighted by Crippen LogP contribution is 2.23. The Labute approximate surface area is 170 Å². The average Bonchev–Trinajstić information content (AvgIpc) is 3.23. The fourth-order valence-corrected chi connectivity index (χ4v) is 4.72. The van der Waals surface area contributed by atoms with E-state index in [2.05, 4.69) is 20.5 Å². The van der Waals surface area contributed by atoms with E-state index in [1.807, 2.05) is 32.4 Å². The number of hydrogen-bond acceptors (Lipinski definition) is 5. The first-order valence-electron chi connectivity index (χ1n) is 9.53. The summed E-state index contributed by atoms with van der Waals surface area (Å²) in [6, 6.07) is 6.72. The summed E-state index contributed by atoms with van der Waals surface area (Å²) < 4.78 is 28.8. The van der Waals surface area contributed by atoms with Gasteiger partial charge in [0.05, 0.1) is 15.9 Å².